The summed E-state index contributed by atoms with van der Waals surface area (Å²) in [4.78, 5) is 3.00. The highest BCUT2D eigenvalue weighted by atomic mass is 35.5. The van der Waals surface area contributed by atoms with Gasteiger partial charge in [0.2, 0.25) is 15.7 Å². The first-order chi connectivity index (χ1) is 13.2. The topological polar surface area (TPSA) is 91.4 Å². The van der Waals surface area contributed by atoms with Gasteiger partial charge in [0.05, 0.1) is 24.6 Å². The standard InChI is InChI=1S/C18H16Cl2N2O5S/c1-21-15-8-13(20)4-7-16(15)28(25,26)22-9-17(18(24,10-22)11-23)27-14-5-2-12(19)3-6-14/h2-8,17,23-24H,9-11H2/t17-,18+/m0/s1. The van der Waals surface area contributed by atoms with Crippen LogP contribution in [0.5, 0.6) is 5.75 Å². The lowest BCUT2D eigenvalue weighted by molar-refractivity contribution is -0.0640. The molecule has 1 saturated heterocycles. The largest absolute Gasteiger partial charge is 0.486 e. The van der Waals surface area contributed by atoms with Crippen molar-refractivity contribution in [2.75, 3.05) is 19.7 Å². The number of β-amino-alcohol motifs (C(OH)–C–C–N with tert-alkyl or cyclic N) is 1. The zero-order valence-corrected chi connectivity index (χ0v) is 16.7. The smallest absolute Gasteiger partial charge is 0.233 e. The summed E-state index contributed by atoms with van der Waals surface area (Å²) in [5, 5.41) is 21.1. The lowest BCUT2D eigenvalue weighted by Gasteiger charge is -2.27. The first-order valence-electron chi connectivity index (χ1n) is 8.12. The van der Waals surface area contributed by atoms with Gasteiger partial charge < -0.3 is 14.9 Å². The van der Waals surface area contributed by atoms with Crippen molar-refractivity contribution >= 4 is 38.9 Å². The molecule has 1 aliphatic heterocycles. The Morgan fingerprint density at radius 2 is 1.86 bits per heavy atom. The van der Waals surface area contributed by atoms with E-state index in [1.165, 1.54) is 18.2 Å². The fraction of sp³-hybridized carbons (Fsp3) is 0.278. The first kappa shape index (κ1) is 20.9. The molecule has 28 heavy (non-hydrogen) atoms. The molecule has 0 saturated carbocycles. The molecule has 2 aromatic carbocycles. The molecule has 0 bridgehead atoms. The van der Waals surface area contributed by atoms with Gasteiger partial charge in [0.25, 0.3) is 0 Å². The molecular formula is C18H16Cl2N2O5S. The van der Waals surface area contributed by atoms with Crippen LogP contribution in [-0.2, 0) is 10.0 Å². The summed E-state index contributed by atoms with van der Waals surface area (Å²) in [6.07, 6.45) is -1.02. The van der Waals surface area contributed by atoms with Crippen molar-refractivity contribution in [3.05, 3.63) is 63.9 Å². The molecule has 0 unspecified atom stereocenters. The van der Waals surface area contributed by atoms with Crippen LogP contribution in [0.1, 0.15) is 0 Å². The van der Waals surface area contributed by atoms with Gasteiger partial charge in [-0.2, -0.15) is 4.31 Å². The highest BCUT2D eigenvalue weighted by Gasteiger charge is 2.51. The third kappa shape index (κ3) is 3.96. The van der Waals surface area contributed by atoms with E-state index in [1.54, 1.807) is 24.3 Å². The van der Waals surface area contributed by atoms with Gasteiger partial charge in [-0.15, -0.1) is 0 Å². The molecule has 10 heteroatoms. The second-order valence-corrected chi connectivity index (χ2v) is 9.12. The van der Waals surface area contributed by atoms with Crippen LogP contribution in [0.3, 0.4) is 0 Å². The van der Waals surface area contributed by atoms with Crippen LogP contribution in [0.15, 0.2) is 47.4 Å². The fourth-order valence-corrected chi connectivity index (χ4v) is 4.83. The van der Waals surface area contributed by atoms with Gasteiger partial charge in [-0.3, -0.25) is 0 Å². The molecule has 0 aromatic heterocycles. The molecule has 7 nitrogen and oxygen atoms in total. The average Bonchev–Trinajstić information content (AvgIpc) is 3.01. The second kappa shape index (κ2) is 7.87. The Hall–Kier alpha value is -1.86. The van der Waals surface area contributed by atoms with Crippen molar-refractivity contribution in [3.8, 4) is 5.75 Å². The third-order valence-corrected chi connectivity index (χ3v) is 6.79. The van der Waals surface area contributed by atoms with Crippen molar-refractivity contribution in [1.29, 1.82) is 0 Å². The molecule has 0 spiro atoms. The number of nitrogens with zero attached hydrogens (tertiary/aromatic N) is 2. The number of halogens is 2. The van der Waals surface area contributed by atoms with Crippen LogP contribution in [0, 0.1) is 6.57 Å². The average molecular weight is 443 g/mol. The molecule has 0 radical (unpaired) electrons. The highest BCUT2D eigenvalue weighted by molar-refractivity contribution is 7.89. The first-order valence-corrected chi connectivity index (χ1v) is 10.3. The normalized spacial score (nSPS) is 22.8. The number of benzene rings is 2. The molecule has 3 rings (SSSR count). The van der Waals surface area contributed by atoms with Gasteiger partial charge in [-0.1, -0.05) is 29.3 Å². The molecule has 1 fully saturated rings. The van der Waals surface area contributed by atoms with Crippen LogP contribution >= 0.6 is 23.2 Å². The Kier molecular flexibility index (Phi) is 5.87. The van der Waals surface area contributed by atoms with E-state index in [0.717, 1.165) is 4.31 Å². The Labute approximate surface area is 172 Å². The molecule has 1 aliphatic rings. The zero-order valence-electron chi connectivity index (χ0n) is 14.4. The highest BCUT2D eigenvalue weighted by Crippen LogP contribution is 2.35. The van der Waals surface area contributed by atoms with Crippen LogP contribution in [0.25, 0.3) is 4.85 Å². The van der Waals surface area contributed by atoms with Crippen LogP contribution < -0.4 is 4.74 Å². The summed E-state index contributed by atoms with van der Waals surface area (Å²) in [6.45, 7) is 5.92. The minimum atomic E-state index is -4.12. The van der Waals surface area contributed by atoms with Gasteiger partial charge in [-0.05, 0) is 36.4 Å². The molecule has 1 heterocycles. The number of ether oxygens (including phenoxy) is 1. The van der Waals surface area contributed by atoms with Crippen molar-refractivity contribution in [3.63, 3.8) is 0 Å². The van der Waals surface area contributed by atoms with Crippen LogP contribution in [0.2, 0.25) is 10.0 Å². The lowest BCUT2D eigenvalue weighted by Crippen LogP contribution is -2.48. The maximum Gasteiger partial charge on any atom is 0.233 e. The van der Waals surface area contributed by atoms with Crippen molar-refractivity contribution < 1.29 is 23.4 Å². The molecular weight excluding hydrogens is 427 g/mol. The number of hydrogen-bond acceptors (Lipinski definition) is 5. The van der Waals surface area contributed by atoms with Gasteiger partial charge in [-0.25, -0.2) is 13.3 Å². The van der Waals surface area contributed by atoms with E-state index in [0.29, 0.717) is 10.8 Å². The third-order valence-electron chi connectivity index (χ3n) is 4.44. The summed E-state index contributed by atoms with van der Waals surface area (Å²) < 4.78 is 32.8. The van der Waals surface area contributed by atoms with Gasteiger partial charge in [0, 0.05) is 16.6 Å². The summed E-state index contributed by atoms with van der Waals surface area (Å²) in [5.74, 6) is 0.369. The molecule has 2 atom stereocenters. The zero-order chi connectivity index (χ0) is 20.5. The number of aliphatic hydroxyl groups is 2. The summed E-state index contributed by atoms with van der Waals surface area (Å²) in [7, 11) is -4.12. The number of rotatable bonds is 5. The molecule has 0 amide bonds. The summed E-state index contributed by atoms with van der Waals surface area (Å²) >= 11 is 11.7. The Bertz CT molecular complexity index is 1020. The molecule has 148 valence electrons. The number of hydrogen-bond donors (Lipinski definition) is 2. The van der Waals surface area contributed by atoms with Crippen molar-refractivity contribution in [2.45, 2.75) is 16.6 Å². The van der Waals surface area contributed by atoms with Gasteiger partial charge >= 0.3 is 0 Å². The van der Waals surface area contributed by atoms with Crippen molar-refractivity contribution in [2.24, 2.45) is 0 Å². The fourth-order valence-electron chi connectivity index (χ4n) is 2.92. The maximum absolute atomic E-state index is 13.0. The van der Waals surface area contributed by atoms with E-state index >= 15 is 0 Å². The van der Waals surface area contributed by atoms with E-state index in [-0.39, 0.29) is 28.7 Å². The maximum atomic E-state index is 13.0. The quantitative estimate of drug-likeness (QED) is 0.694. The van der Waals surface area contributed by atoms with Gasteiger partial charge in [0.1, 0.15) is 17.5 Å². The minimum Gasteiger partial charge on any atom is -0.486 e. The number of sulfonamides is 1. The SMILES string of the molecule is [C-]#[N+]c1cc(Cl)ccc1S(=O)(=O)N1C[C@H](Oc2ccc(Cl)cc2)[C@](O)(CO)C1. The number of aliphatic hydroxyl groups excluding tert-OH is 1. The second-order valence-electron chi connectivity index (χ2n) is 6.34. The van der Waals surface area contributed by atoms with Crippen LogP contribution in [0.4, 0.5) is 5.69 Å². The van der Waals surface area contributed by atoms with Crippen LogP contribution in [-0.4, -0.2) is 54.3 Å². The van der Waals surface area contributed by atoms with E-state index in [1.807, 2.05) is 0 Å². The van der Waals surface area contributed by atoms with E-state index < -0.39 is 28.3 Å². The Morgan fingerprint density at radius 3 is 2.46 bits per heavy atom. The summed E-state index contributed by atoms with van der Waals surface area (Å²) in [6, 6.07) is 10.2. The van der Waals surface area contributed by atoms with Crippen molar-refractivity contribution in [1.82, 2.24) is 4.31 Å². The van der Waals surface area contributed by atoms with E-state index in [9.17, 15) is 18.6 Å². The Balaban J connectivity index is 1.91. The van der Waals surface area contributed by atoms with E-state index in [2.05, 4.69) is 4.85 Å². The van der Waals surface area contributed by atoms with Gasteiger partial charge in [0.15, 0.2) is 0 Å². The minimum absolute atomic E-state index is 0.123. The lowest BCUT2D eigenvalue weighted by atomic mass is 10.0. The summed E-state index contributed by atoms with van der Waals surface area (Å²) in [5.41, 5.74) is -1.93. The van der Waals surface area contributed by atoms with E-state index in [4.69, 9.17) is 34.5 Å². The molecule has 2 aromatic rings. The molecule has 0 aliphatic carbocycles. The Morgan fingerprint density at radius 1 is 1.21 bits per heavy atom. The monoisotopic (exact) mass is 442 g/mol. The predicted molar refractivity (Wildman–Crippen MR) is 104 cm³/mol. The molecule has 2 N–H and O–H groups in total. The predicted octanol–water partition coefficient (Wildman–Crippen LogP) is 2.72.